The molecule has 3 atom stereocenters. The fourth-order valence-corrected chi connectivity index (χ4v) is 3.27. The molecule has 0 aromatic heterocycles. The van der Waals surface area contributed by atoms with E-state index in [9.17, 15) is 0 Å². The van der Waals surface area contributed by atoms with Crippen molar-refractivity contribution in [2.24, 2.45) is 22.5 Å². The molecule has 2 aliphatic rings. The van der Waals surface area contributed by atoms with E-state index in [1.165, 1.54) is 19.3 Å². The molecular weight excluding hydrogens is 134 g/mol. The lowest BCUT2D eigenvalue weighted by Crippen LogP contribution is -2.40. The molecule has 0 saturated heterocycles. The van der Waals surface area contributed by atoms with Crippen molar-refractivity contribution in [1.82, 2.24) is 0 Å². The molecule has 0 aromatic carbocycles. The third-order valence-corrected chi connectivity index (χ3v) is 4.86. The van der Waals surface area contributed by atoms with E-state index in [4.69, 9.17) is 5.73 Å². The minimum absolute atomic E-state index is 0.442. The predicted molar refractivity (Wildman–Crippen MR) is 47.2 cm³/mol. The molecule has 2 N–H and O–H groups in total. The average Bonchev–Trinajstić information content (AvgIpc) is 2.20. The van der Waals surface area contributed by atoms with Crippen LogP contribution in [-0.4, -0.2) is 6.04 Å². The highest BCUT2D eigenvalue weighted by Crippen LogP contribution is 2.64. The molecule has 2 aliphatic carbocycles. The van der Waals surface area contributed by atoms with Crippen LogP contribution in [0.25, 0.3) is 0 Å². The van der Waals surface area contributed by atoms with E-state index in [1.807, 2.05) is 0 Å². The number of hydrogen-bond acceptors (Lipinski definition) is 1. The van der Waals surface area contributed by atoms with E-state index < -0.39 is 0 Å². The Kier molecular flexibility index (Phi) is 1.26. The van der Waals surface area contributed by atoms with E-state index in [-0.39, 0.29) is 0 Å². The van der Waals surface area contributed by atoms with Crippen LogP contribution in [0.15, 0.2) is 0 Å². The van der Waals surface area contributed by atoms with Crippen LogP contribution in [0, 0.1) is 16.7 Å². The topological polar surface area (TPSA) is 26.0 Å². The molecule has 0 unspecified atom stereocenters. The van der Waals surface area contributed by atoms with E-state index in [1.54, 1.807) is 0 Å². The van der Waals surface area contributed by atoms with Crippen molar-refractivity contribution >= 4 is 0 Å². The summed E-state index contributed by atoms with van der Waals surface area (Å²) in [6.07, 6.45) is 4.03. The molecule has 2 bridgehead atoms. The highest BCUT2D eigenvalue weighted by Gasteiger charge is 2.59. The van der Waals surface area contributed by atoms with Gasteiger partial charge in [0.15, 0.2) is 0 Å². The number of fused-ring (bicyclic) bond motifs is 2. The summed E-state index contributed by atoms with van der Waals surface area (Å²) in [5, 5.41) is 0. The first kappa shape index (κ1) is 7.60. The SMILES string of the molecule is CC1(C)[C@@H]2CC[C@@]1(C)[C@H](N)C2. The normalized spacial score (nSPS) is 53.5. The lowest BCUT2D eigenvalue weighted by Gasteiger charge is -2.37. The minimum atomic E-state index is 0.442. The maximum Gasteiger partial charge on any atom is 0.0101 e. The molecular formula is C10H19N. The Morgan fingerprint density at radius 2 is 1.91 bits per heavy atom. The molecule has 2 saturated carbocycles. The van der Waals surface area contributed by atoms with Gasteiger partial charge >= 0.3 is 0 Å². The zero-order chi connectivity index (χ0) is 8.28. The van der Waals surface area contributed by atoms with Gasteiger partial charge in [-0.15, -0.1) is 0 Å². The molecule has 2 fully saturated rings. The molecule has 0 aliphatic heterocycles. The minimum Gasteiger partial charge on any atom is -0.327 e. The van der Waals surface area contributed by atoms with Crippen LogP contribution in [0.2, 0.25) is 0 Å². The first-order chi connectivity index (χ1) is 4.98. The number of rotatable bonds is 0. The summed E-state index contributed by atoms with van der Waals surface area (Å²) in [4.78, 5) is 0. The quantitative estimate of drug-likeness (QED) is 0.567. The van der Waals surface area contributed by atoms with Gasteiger partial charge in [0.05, 0.1) is 0 Å². The number of hydrogen-bond donors (Lipinski definition) is 1. The second-order valence-electron chi connectivity index (χ2n) is 5.22. The summed E-state index contributed by atoms with van der Waals surface area (Å²) >= 11 is 0. The maximum absolute atomic E-state index is 6.13. The Morgan fingerprint density at radius 3 is 2.09 bits per heavy atom. The zero-order valence-corrected chi connectivity index (χ0v) is 7.85. The van der Waals surface area contributed by atoms with Crippen molar-refractivity contribution in [3.63, 3.8) is 0 Å². The Balaban J connectivity index is 2.40. The van der Waals surface area contributed by atoms with Gasteiger partial charge in [0.2, 0.25) is 0 Å². The molecule has 0 spiro atoms. The zero-order valence-electron chi connectivity index (χ0n) is 7.85. The van der Waals surface area contributed by atoms with Crippen LogP contribution in [0.5, 0.6) is 0 Å². The Bertz CT molecular complexity index is 185. The molecule has 0 aromatic rings. The van der Waals surface area contributed by atoms with Gasteiger partial charge in [-0.1, -0.05) is 20.8 Å². The van der Waals surface area contributed by atoms with E-state index >= 15 is 0 Å². The summed E-state index contributed by atoms with van der Waals surface area (Å²) in [5.41, 5.74) is 7.08. The summed E-state index contributed by atoms with van der Waals surface area (Å²) in [5.74, 6) is 0.905. The fraction of sp³-hybridized carbons (Fsp3) is 1.00. The summed E-state index contributed by atoms with van der Waals surface area (Å²) < 4.78 is 0. The van der Waals surface area contributed by atoms with Gasteiger partial charge in [-0.2, -0.15) is 0 Å². The van der Waals surface area contributed by atoms with Gasteiger partial charge in [0.25, 0.3) is 0 Å². The molecule has 64 valence electrons. The van der Waals surface area contributed by atoms with Crippen LogP contribution >= 0.6 is 0 Å². The maximum atomic E-state index is 6.13. The van der Waals surface area contributed by atoms with E-state index in [2.05, 4.69) is 20.8 Å². The van der Waals surface area contributed by atoms with Crippen molar-refractivity contribution in [3.8, 4) is 0 Å². The van der Waals surface area contributed by atoms with Gasteiger partial charge in [0.1, 0.15) is 0 Å². The van der Waals surface area contributed by atoms with Crippen LogP contribution in [0.1, 0.15) is 40.0 Å². The molecule has 2 rings (SSSR count). The first-order valence-corrected chi connectivity index (χ1v) is 4.74. The molecule has 1 heteroatoms. The Hall–Kier alpha value is -0.0400. The standard InChI is InChI=1S/C10H19N/c1-9(2)7-4-5-10(9,3)8(11)6-7/h7-8H,4-6,11H2,1-3H3/t7-,8-,10+/m1/s1. The van der Waals surface area contributed by atoms with Crippen LogP contribution in [-0.2, 0) is 0 Å². The molecule has 0 heterocycles. The lowest BCUT2D eigenvalue weighted by molar-refractivity contribution is 0.136. The largest absolute Gasteiger partial charge is 0.327 e. The summed E-state index contributed by atoms with van der Waals surface area (Å²) in [6, 6.07) is 0.469. The molecule has 1 nitrogen and oxygen atoms in total. The summed E-state index contributed by atoms with van der Waals surface area (Å²) in [7, 11) is 0. The lowest BCUT2D eigenvalue weighted by atomic mass is 9.69. The summed E-state index contributed by atoms with van der Waals surface area (Å²) in [6.45, 7) is 7.18. The highest BCUT2D eigenvalue weighted by molar-refractivity contribution is 5.11. The second kappa shape index (κ2) is 1.82. The number of nitrogens with two attached hydrogens (primary N) is 1. The molecule has 11 heavy (non-hydrogen) atoms. The third kappa shape index (κ3) is 0.658. The van der Waals surface area contributed by atoms with Gasteiger partial charge in [0, 0.05) is 6.04 Å². The van der Waals surface area contributed by atoms with Crippen molar-refractivity contribution in [3.05, 3.63) is 0 Å². The van der Waals surface area contributed by atoms with Gasteiger partial charge in [-0.05, 0) is 36.0 Å². The van der Waals surface area contributed by atoms with E-state index in [0.29, 0.717) is 16.9 Å². The van der Waals surface area contributed by atoms with Crippen molar-refractivity contribution in [2.45, 2.75) is 46.1 Å². The molecule has 0 radical (unpaired) electrons. The Morgan fingerprint density at radius 1 is 1.27 bits per heavy atom. The second-order valence-corrected chi connectivity index (χ2v) is 5.22. The van der Waals surface area contributed by atoms with Crippen molar-refractivity contribution in [1.29, 1.82) is 0 Å². The first-order valence-electron chi connectivity index (χ1n) is 4.74. The smallest absolute Gasteiger partial charge is 0.0101 e. The Labute approximate surface area is 69.4 Å². The van der Waals surface area contributed by atoms with Crippen LogP contribution < -0.4 is 5.73 Å². The third-order valence-electron chi connectivity index (χ3n) is 4.86. The average molecular weight is 153 g/mol. The predicted octanol–water partition coefficient (Wildman–Crippen LogP) is 2.16. The highest BCUT2D eigenvalue weighted by atomic mass is 14.8. The monoisotopic (exact) mass is 153 g/mol. The molecule has 0 amide bonds. The van der Waals surface area contributed by atoms with Crippen LogP contribution in [0.4, 0.5) is 0 Å². The van der Waals surface area contributed by atoms with E-state index in [0.717, 1.165) is 5.92 Å². The van der Waals surface area contributed by atoms with Crippen molar-refractivity contribution in [2.75, 3.05) is 0 Å². The fourth-order valence-electron chi connectivity index (χ4n) is 3.27. The van der Waals surface area contributed by atoms with Crippen molar-refractivity contribution < 1.29 is 0 Å². The van der Waals surface area contributed by atoms with Crippen LogP contribution in [0.3, 0.4) is 0 Å². The van der Waals surface area contributed by atoms with Gasteiger partial charge in [-0.25, -0.2) is 0 Å². The van der Waals surface area contributed by atoms with Gasteiger partial charge < -0.3 is 5.73 Å². The van der Waals surface area contributed by atoms with Gasteiger partial charge in [-0.3, -0.25) is 0 Å².